The highest BCUT2D eigenvalue weighted by Crippen LogP contribution is 2.37. The Labute approximate surface area is 146 Å². The lowest BCUT2D eigenvalue weighted by Gasteiger charge is -2.21. The molecule has 0 amide bonds. The van der Waals surface area contributed by atoms with Gasteiger partial charge in [0.2, 0.25) is 0 Å². The number of sulfonamides is 1. The first kappa shape index (κ1) is 15.7. The number of benzene rings is 2. The SMILES string of the molecule is O=S(=O)(c1ccccc1)N1N=C(c2ccccc2)C[C@H]1c1ccco1. The Morgan fingerprint density at radius 1 is 0.920 bits per heavy atom. The lowest BCUT2D eigenvalue weighted by atomic mass is 10.0. The molecular formula is C19H16N2O3S. The maximum atomic E-state index is 13.1. The van der Waals surface area contributed by atoms with E-state index in [-0.39, 0.29) is 4.90 Å². The van der Waals surface area contributed by atoms with Crippen molar-refractivity contribution >= 4 is 15.7 Å². The van der Waals surface area contributed by atoms with Crippen LogP contribution >= 0.6 is 0 Å². The van der Waals surface area contributed by atoms with Crippen LogP contribution in [0.3, 0.4) is 0 Å². The lowest BCUT2D eigenvalue weighted by molar-refractivity contribution is 0.320. The van der Waals surface area contributed by atoms with Gasteiger partial charge >= 0.3 is 0 Å². The van der Waals surface area contributed by atoms with Crippen LogP contribution in [0.15, 0.2) is 93.5 Å². The van der Waals surface area contributed by atoms with Crippen LogP contribution in [0.4, 0.5) is 0 Å². The summed E-state index contributed by atoms with van der Waals surface area (Å²) in [5.74, 6) is 0.578. The smallest absolute Gasteiger partial charge is 0.279 e. The molecule has 0 spiro atoms. The Kier molecular flexibility index (Phi) is 3.89. The highest BCUT2D eigenvalue weighted by atomic mass is 32.2. The van der Waals surface area contributed by atoms with Crippen LogP contribution in [0.25, 0.3) is 0 Å². The number of hydrazone groups is 1. The summed E-state index contributed by atoms with van der Waals surface area (Å²) in [7, 11) is -3.77. The van der Waals surface area contributed by atoms with Crippen LogP contribution in [-0.2, 0) is 10.0 Å². The Balaban J connectivity index is 1.80. The van der Waals surface area contributed by atoms with E-state index in [1.54, 1.807) is 48.7 Å². The van der Waals surface area contributed by atoms with Gasteiger partial charge in [-0.15, -0.1) is 0 Å². The quantitative estimate of drug-likeness (QED) is 0.717. The summed E-state index contributed by atoms with van der Waals surface area (Å²) in [5.41, 5.74) is 1.63. The largest absolute Gasteiger partial charge is 0.467 e. The van der Waals surface area contributed by atoms with Crippen molar-refractivity contribution in [3.05, 3.63) is 90.4 Å². The second-order valence-electron chi connectivity index (χ2n) is 5.74. The summed E-state index contributed by atoms with van der Waals surface area (Å²) in [6.45, 7) is 0. The Morgan fingerprint density at radius 2 is 1.60 bits per heavy atom. The van der Waals surface area contributed by atoms with Gasteiger partial charge < -0.3 is 4.42 Å². The predicted molar refractivity (Wildman–Crippen MR) is 94.5 cm³/mol. The molecule has 0 aliphatic carbocycles. The molecule has 0 unspecified atom stereocenters. The van der Waals surface area contributed by atoms with Gasteiger partial charge in [0.25, 0.3) is 10.0 Å². The molecule has 2 aromatic carbocycles. The molecule has 25 heavy (non-hydrogen) atoms. The maximum Gasteiger partial charge on any atom is 0.279 e. The van der Waals surface area contributed by atoms with E-state index >= 15 is 0 Å². The number of nitrogens with zero attached hydrogens (tertiary/aromatic N) is 2. The van der Waals surface area contributed by atoms with Gasteiger partial charge in [-0.25, -0.2) is 0 Å². The van der Waals surface area contributed by atoms with Crippen molar-refractivity contribution in [1.29, 1.82) is 0 Å². The number of hydrogen-bond acceptors (Lipinski definition) is 4. The fourth-order valence-corrected chi connectivity index (χ4v) is 4.35. The molecule has 2 heterocycles. The molecular weight excluding hydrogens is 336 g/mol. The van der Waals surface area contributed by atoms with E-state index in [9.17, 15) is 8.42 Å². The minimum absolute atomic E-state index is 0.213. The van der Waals surface area contributed by atoms with Crippen molar-refractivity contribution in [3.8, 4) is 0 Å². The predicted octanol–water partition coefficient (Wildman–Crippen LogP) is 3.82. The van der Waals surface area contributed by atoms with Crippen LogP contribution in [0.5, 0.6) is 0 Å². The van der Waals surface area contributed by atoms with Crippen LogP contribution in [0.1, 0.15) is 23.8 Å². The van der Waals surface area contributed by atoms with Crippen molar-refractivity contribution in [2.45, 2.75) is 17.4 Å². The zero-order valence-electron chi connectivity index (χ0n) is 13.3. The zero-order chi connectivity index (χ0) is 17.3. The fraction of sp³-hybridized carbons (Fsp3) is 0.105. The van der Waals surface area contributed by atoms with Gasteiger partial charge in [0, 0.05) is 6.42 Å². The van der Waals surface area contributed by atoms with Crippen LogP contribution in [0, 0.1) is 0 Å². The topological polar surface area (TPSA) is 62.9 Å². The van der Waals surface area contributed by atoms with Crippen molar-refractivity contribution < 1.29 is 12.8 Å². The van der Waals surface area contributed by atoms with Gasteiger partial charge in [0.05, 0.1) is 16.9 Å². The summed E-state index contributed by atoms with van der Waals surface area (Å²) in [6.07, 6.45) is 2.01. The fourth-order valence-electron chi connectivity index (χ4n) is 2.91. The van der Waals surface area contributed by atoms with Crippen molar-refractivity contribution in [2.24, 2.45) is 5.10 Å². The minimum Gasteiger partial charge on any atom is -0.467 e. The molecule has 126 valence electrons. The zero-order valence-corrected chi connectivity index (χ0v) is 14.1. The molecule has 1 atom stereocenters. The molecule has 1 aliphatic rings. The van der Waals surface area contributed by atoms with E-state index in [4.69, 9.17) is 4.42 Å². The van der Waals surface area contributed by atoms with Crippen molar-refractivity contribution in [2.75, 3.05) is 0 Å². The summed E-state index contributed by atoms with van der Waals surface area (Å²) >= 11 is 0. The summed E-state index contributed by atoms with van der Waals surface area (Å²) in [6, 6.07) is 21.0. The van der Waals surface area contributed by atoms with Gasteiger partial charge in [0.15, 0.2) is 0 Å². The first-order chi connectivity index (χ1) is 12.2. The number of furan rings is 1. The molecule has 6 heteroatoms. The van der Waals surface area contributed by atoms with E-state index in [1.807, 2.05) is 30.3 Å². The molecule has 0 bridgehead atoms. The van der Waals surface area contributed by atoms with Crippen LogP contribution < -0.4 is 0 Å². The molecule has 0 N–H and O–H groups in total. The first-order valence-electron chi connectivity index (χ1n) is 7.92. The van der Waals surface area contributed by atoms with Gasteiger partial charge in [-0.3, -0.25) is 0 Å². The normalized spacial score (nSPS) is 17.5. The third-order valence-corrected chi connectivity index (χ3v) is 5.84. The molecule has 0 saturated heterocycles. The van der Waals surface area contributed by atoms with E-state index < -0.39 is 16.1 Å². The standard InChI is InChI=1S/C19H16N2O3S/c22-25(23,16-10-5-2-6-11-16)21-18(19-12-7-13-24-19)14-17(20-21)15-8-3-1-4-9-15/h1-13,18H,14H2/t18-/m0/s1. The van der Waals surface area contributed by atoms with E-state index in [0.717, 1.165) is 11.3 Å². The van der Waals surface area contributed by atoms with E-state index in [2.05, 4.69) is 5.10 Å². The molecule has 1 aromatic heterocycles. The average Bonchev–Trinajstić information content (AvgIpc) is 3.33. The Hall–Kier alpha value is -2.86. The number of rotatable bonds is 4. The summed E-state index contributed by atoms with van der Waals surface area (Å²) in [5, 5.41) is 4.45. The number of hydrogen-bond donors (Lipinski definition) is 0. The van der Waals surface area contributed by atoms with Crippen molar-refractivity contribution in [3.63, 3.8) is 0 Å². The monoisotopic (exact) mass is 352 g/mol. The third-order valence-electron chi connectivity index (χ3n) is 4.14. The van der Waals surface area contributed by atoms with Gasteiger partial charge in [-0.05, 0) is 29.8 Å². The van der Waals surface area contributed by atoms with Gasteiger partial charge in [-0.2, -0.15) is 17.9 Å². The first-order valence-corrected chi connectivity index (χ1v) is 9.36. The summed E-state index contributed by atoms with van der Waals surface area (Å²) < 4.78 is 32.8. The molecule has 1 aliphatic heterocycles. The average molecular weight is 352 g/mol. The van der Waals surface area contributed by atoms with E-state index in [0.29, 0.717) is 12.2 Å². The minimum atomic E-state index is -3.77. The molecule has 3 aromatic rings. The second kappa shape index (κ2) is 6.22. The summed E-state index contributed by atoms with van der Waals surface area (Å²) in [4.78, 5) is 0.213. The third kappa shape index (κ3) is 2.85. The van der Waals surface area contributed by atoms with Gasteiger partial charge in [0.1, 0.15) is 11.8 Å². The van der Waals surface area contributed by atoms with Crippen LogP contribution in [-0.4, -0.2) is 18.5 Å². The Bertz CT molecular complexity index is 982. The molecule has 0 radical (unpaired) electrons. The molecule has 5 nitrogen and oxygen atoms in total. The highest BCUT2D eigenvalue weighted by Gasteiger charge is 2.39. The van der Waals surface area contributed by atoms with Crippen LogP contribution in [0.2, 0.25) is 0 Å². The van der Waals surface area contributed by atoms with E-state index in [1.165, 1.54) is 4.41 Å². The second-order valence-corrected chi connectivity index (χ2v) is 7.53. The molecule has 4 rings (SSSR count). The molecule has 0 fully saturated rings. The van der Waals surface area contributed by atoms with Gasteiger partial charge in [-0.1, -0.05) is 48.5 Å². The lowest BCUT2D eigenvalue weighted by Crippen LogP contribution is -2.27. The maximum absolute atomic E-state index is 13.1. The Morgan fingerprint density at radius 3 is 2.24 bits per heavy atom. The highest BCUT2D eigenvalue weighted by molar-refractivity contribution is 7.89. The van der Waals surface area contributed by atoms with Crippen molar-refractivity contribution in [1.82, 2.24) is 4.41 Å². The molecule has 0 saturated carbocycles.